The maximum atomic E-state index is 3.71. The maximum absolute atomic E-state index is 3.71. The largest absolute Gasteiger partial charge is 0.378 e. The number of nitrogens with one attached hydrogen (secondary N) is 1. The van der Waals surface area contributed by atoms with Gasteiger partial charge in [0.2, 0.25) is 0 Å². The molecule has 2 atom stereocenters. The Hall–Kier alpha value is -2.54. The molecule has 4 rings (SSSR count). The summed E-state index contributed by atoms with van der Waals surface area (Å²) in [5.41, 5.74) is 5.42. The van der Waals surface area contributed by atoms with Gasteiger partial charge in [-0.3, -0.25) is 0 Å². The van der Waals surface area contributed by atoms with E-state index >= 15 is 0 Å². The van der Waals surface area contributed by atoms with Crippen molar-refractivity contribution in [1.29, 1.82) is 0 Å². The number of benzene rings is 3. The van der Waals surface area contributed by atoms with E-state index in [2.05, 4.69) is 90.2 Å². The first-order valence-corrected chi connectivity index (χ1v) is 7.87. The van der Waals surface area contributed by atoms with Crippen LogP contribution in [0.2, 0.25) is 0 Å². The second-order valence-electron chi connectivity index (χ2n) is 5.89. The molecule has 1 aliphatic heterocycles. The van der Waals surface area contributed by atoms with Crippen LogP contribution in [0.4, 0.5) is 5.69 Å². The quantitative estimate of drug-likeness (QED) is 0.667. The van der Waals surface area contributed by atoms with Crippen molar-refractivity contribution >= 4 is 5.69 Å². The van der Waals surface area contributed by atoms with Crippen LogP contribution in [-0.2, 0) is 0 Å². The average Bonchev–Trinajstić information content (AvgIpc) is 2.62. The fourth-order valence-corrected chi connectivity index (χ4v) is 3.45. The van der Waals surface area contributed by atoms with Crippen LogP contribution in [0, 0.1) is 0 Å². The lowest BCUT2D eigenvalue weighted by molar-refractivity contribution is 0.603. The Labute approximate surface area is 131 Å². The van der Waals surface area contributed by atoms with Crippen LogP contribution in [0.15, 0.2) is 84.9 Å². The molecule has 0 unspecified atom stereocenters. The van der Waals surface area contributed by atoms with Crippen LogP contribution in [0.3, 0.4) is 0 Å². The van der Waals surface area contributed by atoms with Gasteiger partial charge in [0.1, 0.15) is 0 Å². The minimum absolute atomic E-state index is 0.362. The molecule has 3 aromatic rings. The fraction of sp³-hybridized carbons (Fsp3) is 0.143. The maximum Gasteiger partial charge on any atom is 0.0523 e. The van der Waals surface area contributed by atoms with E-state index in [9.17, 15) is 0 Å². The molecule has 1 N–H and O–H groups in total. The van der Waals surface area contributed by atoms with E-state index in [1.807, 2.05) is 0 Å². The van der Waals surface area contributed by atoms with Crippen molar-refractivity contribution in [3.8, 4) is 0 Å². The van der Waals surface area contributed by atoms with Crippen molar-refractivity contribution in [2.75, 3.05) is 5.32 Å². The fourth-order valence-electron chi connectivity index (χ4n) is 3.45. The van der Waals surface area contributed by atoms with Crippen molar-refractivity contribution in [2.24, 2.45) is 0 Å². The predicted octanol–water partition coefficient (Wildman–Crippen LogP) is 5.38. The average molecular weight is 285 g/mol. The lowest BCUT2D eigenvalue weighted by Gasteiger charge is -2.34. The normalized spacial score (nSPS) is 20.0. The first-order chi connectivity index (χ1) is 10.9. The van der Waals surface area contributed by atoms with Gasteiger partial charge >= 0.3 is 0 Å². The molecule has 0 saturated carbocycles. The van der Waals surface area contributed by atoms with Gasteiger partial charge in [-0.2, -0.15) is 0 Å². The molecule has 0 bridgehead atoms. The van der Waals surface area contributed by atoms with Crippen LogP contribution in [0.5, 0.6) is 0 Å². The number of fused-ring (bicyclic) bond motifs is 1. The minimum atomic E-state index is 0.362. The van der Waals surface area contributed by atoms with Gasteiger partial charge in [-0.05, 0) is 29.2 Å². The summed E-state index contributed by atoms with van der Waals surface area (Å²) in [4.78, 5) is 0. The zero-order valence-corrected chi connectivity index (χ0v) is 12.4. The van der Waals surface area contributed by atoms with Crippen molar-refractivity contribution in [3.63, 3.8) is 0 Å². The summed E-state index contributed by atoms with van der Waals surface area (Å²) in [6, 6.07) is 30.7. The number of anilines is 1. The van der Waals surface area contributed by atoms with E-state index in [4.69, 9.17) is 0 Å². The summed E-state index contributed by atoms with van der Waals surface area (Å²) in [7, 11) is 0. The van der Waals surface area contributed by atoms with E-state index in [1.54, 1.807) is 0 Å². The molecular weight excluding hydrogens is 266 g/mol. The Bertz CT molecular complexity index is 749. The van der Waals surface area contributed by atoms with Gasteiger partial charge in [-0.25, -0.2) is 0 Å². The lowest BCUT2D eigenvalue weighted by atomic mass is 9.80. The highest BCUT2D eigenvalue weighted by molar-refractivity contribution is 5.59. The van der Waals surface area contributed by atoms with Crippen LogP contribution < -0.4 is 5.32 Å². The second kappa shape index (κ2) is 5.69. The van der Waals surface area contributed by atoms with Gasteiger partial charge in [-0.1, -0.05) is 78.9 Å². The van der Waals surface area contributed by atoms with Crippen LogP contribution in [0.1, 0.15) is 35.1 Å². The third-order valence-electron chi connectivity index (χ3n) is 4.54. The van der Waals surface area contributed by atoms with Crippen LogP contribution >= 0.6 is 0 Å². The highest BCUT2D eigenvalue weighted by atomic mass is 14.9. The summed E-state index contributed by atoms with van der Waals surface area (Å²) < 4.78 is 0. The molecule has 0 aromatic heterocycles. The Kier molecular flexibility index (Phi) is 3.40. The topological polar surface area (TPSA) is 12.0 Å². The summed E-state index contributed by atoms with van der Waals surface area (Å²) in [5.74, 6) is 0.448. The van der Waals surface area contributed by atoms with Crippen molar-refractivity contribution in [3.05, 3.63) is 102 Å². The zero-order valence-electron chi connectivity index (χ0n) is 12.4. The number of hydrogen-bond acceptors (Lipinski definition) is 1. The summed E-state index contributed by atoms with van der Waals surface area (Å²) in [5, 5.41) is 3.71. The molecule has 0 spiro atoms. The first-order valence-electron chi connectivity index (χ1n) is 7.87. The van der Waals surface area contributed by atoms with Gasteiger partial charge < -0.3 is 5.32 Å². The zero-order chi connectivity index (χ0) is 14.8. The van der Waals surface area contributed by atoms with E-state index in [-0.39, 0.29) is 0 Å². The predicted molar refractivity (Wildman–Crippen MR) is 92.1 cm³/mol. The monoisotopic (exact) mass is 285 g/mol. The molecule has 0 radical (unpaired) electrons. The second-order valence-corrected chi connectivity index (χ2v) is 5.89. The summed E-state index contributed by atoms with van der Waals surface area (Å²) >= 11 is 0. The molecule has 0 fully saturated rings. The van der Waals surface area contributed by atoms with Gasteiger partial charge in [0, 0.05) is 11.6 Å². The SMILES string of the molecule is c1ccc([C@@H]2C[C@H](c3ccccc3)Nc3ccccc32)cc1. The molecule has 0 saturated heterocycles. The van der Waals surface area contributed by atoms with Gasteiger partial charge in [0.05, 0.1) is 6.04 Å². The summed E-state index contributed by atoms with van der Waals surface area (Å²) in [6.07, 6.45) is 1.09. The third kappa shape index (κ3) is 2.39. The van der Waals surface area contributed by atoms with Crippen molar-refractivity contribution < 1.29 is 0 Å². The Balaban J connectivity index is 1.77. The summed E-state index contributed by atoms with van der Waals surface area (Å²) in [6.45, 7) is 0. The molecule has 108 valence electrons. The van der Waals surface area contributed by atoms with Crippen molar-refractivity contribution in [1.82, 2.24) is 0 Å². The third-order valence-corrected chi connectivity index (χ3v) is 4.54. The molecule has 0 aliphatic carbocycles. The lowest BCUT2D eigenvalue weighted by Crippen LogP contribution is -2.22. The highest BCUT2D eigenvalue weighted by Gasteiger charge is 2.27. The van der Waals surface area contributed by atoms with Gasteiger partial charge in [0.25, 0.3) is 0 Å². The van der Waals surface area contributed by atoms with E-state index in [0.717, 1.165) is 6.42 Å². The molecular formula is C21H19N. The molecule has 3 aromatic carbocycles. The van der Waals surface area contributed by atoms with Gasteiger partial charge in [0.15, 0.2) is 0 Å². The number of para-hydroxylation sites is 1. The van der Waals surface area contributed by atoms with Gasteiger partial charge in [-0.15, -0.1) is 0 Å². The number of hydrogen-bond donors (Lipinski definition) is 1. The Morgan fingerprint density at radius 2 is 1.23 bits per heavy atom. The smallest absolute Gasteiger partial charge is 0.0523 e. The van der Waals surface area contributed by atoms with E-state index in [0.29, 0.717) is 12.0 Å². The molecule has 22 heavy (non-hydrogen) atoms. The van der Waals surface area contributed by atoms with E-state index in [1.165, 1.54) is 22.4 Å². The van der Waals surface area contributed by atoms with E-state index < -0.39 is 0 Å². The Morgan fingerprint density at radius 3 is 1.95 bits per heavy atom. The van der Waals surface area contributed by atoms with Crippen LogP contribution in [-0.4, -0.2) is 0 Å². The molecule has 1 heterocycles. The number of rotatable bonds is 2. The molecule has 1 nitrogen and oxygen atoms in total. The first kappa shape index (κ1) is 13.1. The van der Waals surface area contributed by atoms with Crippen LogP contribution in [0.25, 0.3) is 0 Å². The molecule has 1 heteroatoms. The minimum Gasteiger partial charge on any atom is -0.378 e. The van der Waals surface area contributed by atoms with Crippen molar-refractivity contribution in [2.45, 2.75) is 18.4 Å². The molecule has 0 amide bonds. The standard InChI is InChI=1S/C21H19N/c1-3-9-16(10-4-1)19-15-21(17-11-5-2-6-12-17)22-20-14-8-7-13-18(19)20/h1-14,19,21-22H,15H2/t19-,21+/m0/s1. The highest BCUT2D eigenvalue weighted by Crippen LogP contribution is 2.43. The Morgan fingerprint density at radius 1 is 0.636 bits per heavy atom. The molecule has 1 aliphatic rings.